The summed E-state index contributed by atoms with van der Waals surface area (Å²) < 4.78 is 23.2. The molecular formula is C43H50N4O7. The smallest absolute Gasteiger partial charge is 0.411 e. The molecule has 54 heavy (non-hydrogen) atoms. The quantitative estimate of drug-likeness (QED) is 0.144. The van der Waals surface area contributed by atoms with E-state index in [0.29, 0.717) is 50.6 Å². The molecule has 1 saturated heterocycles. The van der Waals surface area contributed by atoms with E-state index in [-0.39, 0.29) is 12.0 Å². The summed E-state index contributed by atoms with van der Waals surface area (Å²) in [7, 11) is 1.64. The lowest BCUT2D eigenvalue weighted by atomic mass is 10.0. The number of amides is 2. The molecule has 4 aromatic rings. The average Bonchev–Trinajstić information content (AvgIpc) is 3.60. The Kier molecular flexibility index (Phi) is 11.5. The highest BCUT2D eigenvalue weighted by Gasteiger charge is 2.30. The second kappa shape index (κ2) is 16.6. The second-order valence-electron chi connectivity index (χ2n) is 14.6. The number of ether oxygens (including phenoxy) is 4. The number of anilines is 2. The number of rotatable bonds is 12. The van der Waals surface area contributed by atoms with Crippen LogP contribution in [0.15, 0.2) is 84.9 Å². The molecule has 0 saturated carbocycles. The van der Waals surface area contributed by atoms with Crippen LogP contribution in [-0.4, -0.2) is 73.7 Å². The number of carbonyl (C=O) groups is 2. The molecule has 11 heteroatoms. The van der Waals surface area contributed by atoms with Gasteiger partial charge in [0.05, 0.1) is 31.2 Å². The van der Waals surface area contributed by atoms with Gasteiger partial charge in [0.1, 0.15) is 17.6 Å². The molecule has 1 atom stereocenters. The Bertz CT molecular complexity index is 1940. The van der Waals surface area contributed by atoms with E-state index in [2.05, 4.69) is 21.6 Å². The summed E-state index contributed by atoms with van der Waals surface area (Å²) in [6.07, 6.45) is 1.29. The minimum atomic E-state index is -0.704. The number of aliphatic hydroxyl groups is 1. The highest BCUT2D eigenvalue weighted by molar-refractivity contribution is 5.96. The van der Waals surface area contributed by atoms with Crippen LogP contribution >= 0.6 is 0 Å². The van der Waals surface area contributed by atoms with Crippen molar-refractivity contribution in [1.29, 1.82) is 0 Å². The normalized spacial score (nSPS) is 17.2. The van der Waals surface area contributed by atoms with Gasteiger partial charge in [-0.05, 0) is 60.2 Å². The first kappa shape index (κ1) is 37.4. The van der Waals surface area contributed by atoms with E-state index in [4.69, 9.17) is 18.9 Å². The summed E-state index contributed by atoms with van der Waals surface area (Å²) in [5.74, 6) is 0.907. The first-order valence-corrected chi connectivity index (χ1v) is 18.8. The molecule has 1 fully saturated rings. The number of para-hydroxylation sites is 1. The van der Waals surface area contributed by atoms with Crippen molar-refractivity contribution in [3.05, 3.63) is 107 Å². The maximum Gasteiger partial charge on any atom is 0.411 e. The third kappa shape index (κ3) is 8.88. The van der Waals surface area contributed by atoms with Gasteiger partial charge < -0.3 is 39.2 Å². The Morgan fingerprint density at radius 2 is 1.74 bits per heavy atom. The summed E-state index contributed by atoms with van der Waals surface area (Å²) in [6.45, 7) is 7.87. The van der Waals surface area contributed by atoms with Crippen LogP contribution in [0.25, 0.3) is 11.1 Å². The minimum absolute atomic E-state index is 0.0871. The molecule has 11 nitrogen and oxygen atoms in total. The lowest BCUT2D eigenvalue weighted by molar-refractivity contribution is -0.180. The fourth-order valence-electron chi connectivity index (χ4n) is 7.47. The minimum Gasteiger partial charge on any atom is -0.496 e. The third-order valence-corrected chi connectivity index (χ3v) is 10.4. The molecule has 2 amide bonds. The molecule has 0 aliphatic carbocycles. The van der Waals surface area contributed by atoms with Gasteiger partial charge in [-0.25, -0.2) is 4.79 Å². The zero-order valence-corrected chi connectivity index (χ0v) is 31.3. The van der Waals surface area contributed by atoms with Gasteiger partial charge in [-0.1, -0.05) is 54.6 Å². The molecule has 0 spiro atoms. The first-order chi connectivity index (χ1) is 26.2. The number of fused-ring (bicyclic) bond motifs is 2. The first-order valence-electron chi connectivity index (χ1n) is 18.8. The van der Waals surface area contributed by atoms with E-state index in [0.717, 1.165) is 77.2 Å². The number of benzene rings is 4. The van der Waals surface area contributed by atoms with E-state index in [1.807, 2.05) is 97.6 Å². The number of piperidine rings is 1. The third-order valence-electron chi connectivity index (χ3n) is 10.4. The monoisotopic (exact) mass is 734 g/mol. The van der Waals surface area contributed by atoms with Crippen LogP contribution in [0.5, 0.6) is 11.5 Å². The molecule has 0 radical (unpaired) electrons. The fourth-order valence-corrected chi connectivity index (χ4v) is 7.47. The zero-order valence-electron chi connectivity index (χ0n) is 31.3. The second-order valence-corrected chi connectivity index (χ2v) is 14.6. The van der Waals surface area contributed by atoms with Crippen LogP contribution in [0.2, 0.25) is 0 Å². The predicted molar refractivity (Wildman–Crippen MR) is 208 cm³/mol. The largest absolute Gasteiger partial charge is 0.496 e. The van der Waals surface area contributed by atoms with Gasteiger partial charge in [-0.3, -0.25) is 10.1 Å². The van der Waals surface area contributed by atoms with Crippen molar-refractivity contribution in [3.63, 3.8) is 0 Å². The molecule has 0 aromatic heterocycles. The number of likely N-dealkylation sites (tertiary alicyclic amines) is 1. The number of aliphatic hydroxyl groups excluding tert-OH is 1. The van der Waals surface area contributed by atoms with Crippen LogP contribution in [0.3, 0.4) is 0 Å². The van der Waals surface area contributed by atoms with E-state index < -0.39 is 18.0 Å². The Morgan fingerprint density at radius 1 is 0.963 bits per heavy atom. The number of hydrogen-bond donors (Lipinski definition) is 3. The SMILES string of the molecule is COc1cc2c(cc1CNC[C@H](O)c1ccc3c(c1)COC(C)(C)O3)CCN2C(=O)CCN1CCC(OC(=O)Nc2ccccc2-c2ccccc2)CC1. The summed E-state index contributed by atoms with van der Waals surface area (Å²) in [6, 6.07) is 27.5. The maximum atomic E-state index is 13.5. The Labute approximate surface area is 317 Å². The van der Waals surface area contributed by atoms with Crippen LogP contribution in [0.4, 0.5) is 16.2 Å². The molecule has 7 rings (SSSR count). The van der Waals surface area contributed by atoms with Crippen LogP contribution in [-0.2, 0) is 33.8 Å². The summed E-state index contributed by atoms with van der Waals surface area (Å²) >= 11 is 0. The topological polar surface area (TPSA) is 122 Å². The number of methoxy groups -OCH3 is 1. The molecule has 4 aromatic carbocycles. The lowest BCUT2D eigenvalue weighted by Gasteiger charge is -2.33. The van der Waals surface area contributed by atoms with Gasteiger partial charge in [-0.2, -0.15) is 0 Å². The average molecular weight is 735 g/mol. The van der Waals surface area contributed by atoms with Gasteiger partial charge in [0.2, 0.25) is 11.7 Å². The molecule has 0 bridgehead atoms. The fraction of sp³-hybridized carbons (Fsp3) is 0.395. The van der Waals surface area contributed by atoms with Crippen LogP contribution in [0.1, 0.15) is 61.5 Å². The van der Waals surface area contributed by atoms with Crippen molar-refractivity contribution in [1.82, 2.24) is 10.2 Å². The Balaban J connectivity index is 0.858. The van der Waals surface area contributed by atoms with Gasteiger partial charge in [-0.15, -0.1) is 0 Å². The summed E-state index contributed by atoms with van der Waals surface area (Å²) in [5, 5.41) is 17.2. The van der Waals surface area contributed by atoms with Gasteiger partial charge in [0.15, 0.2) is 0 Å². The Morgan fingerprint density at radius 3 is 2.54 bits per heavy atom. The van der Waals surface area contributed by atoms with Crippen molar-refractivity contribution in [3.8, 4) is 22.6 Å². The van der Waals surface area contributed by atoms with Crippen molar-refractivity contribution >= 4 is 23.4 Å². The van der Waals surface area contributed by atoms with Crippen molar-refractivity contribution in [2.45, 2.75) is 70.7 Å². The van der Waals surface area contributed by atoms with Crippen LogP contribution < -0.4 is 25.0 Å². The van der Waals surface area contributed by atoms with Crippen molar-refractivity contribution in [2.75, 3.05) is 50.1 Å². The van der Waals surface area contributed by atoms with Gasteiger partial charge >= 0.3 is 6.09 Å². The van der Waals surface area contributed by atoms with E-state index in [1.54, 1.807) is 7.11 Å². The predicted octanol–water partition coefficient (Wildman–Crippen LogP) is 6.82. The summed E-state index contributed by atoms with van der Waals surface area (Å²) in [5.41, 5.74) is 7.39. The van der Waals surface area contributed by atoms with Crippen molar-refractivity contribution < 1.29 is 33.6 Å². The molecular weight excluding hydrogens is 684 g/mol. The zero-order chi connectivity index (χ0) is 37.7. The highest BCUT2D eigenvalue weighted by atomic mass is 16.7. The highest BCUT2D eigenvalue weighted by Crippen LogP contribution is 2.36. The number of nitrogens with one attached hydrogen (secondary N) is 2. The van der Waals surface area contributed by atoms with Crippen LogP contribution in [0, 0.1) is 0 Å². The summed E-state index contributed by atoms with van der Waals surface area (Å²) in [4.78, 5) is 30.5. The maximum absolute atomic E-state index is 13.5. The number of nitrogens with zero attached hydrogens (tertiary/aromatic N) is 2. The molecule has 3 aliphatic heterocycles. The van der Waals surface area contributed by atoms with E-state index in [1.165, 1.54) is 0 Å². The molecule has 284 valence electrons. The molecule has 3 N–H and O–H groups in total. The number of hydrogen-bond acceptors (Lipinski definition) is 9. The van der Waals surface area contributed by atoms with E-state index >= 15 is 0 Å². The standard InChI is InChI=1S/C43H50N4O7/c1-43(2)52-28-33-24-31(13-14-39(33)54-43)38(48)27-44-26-32-23-30-15-22-47(37(30)25-40(32)51-3)41(49)18-21-46-19-16-34(17-20-46)53-42(50)45-36-12-8-7-11-35(36)29-9-5-4-6-10-29/h4-14,23-25,34,38,44,48H,15-22,26-28H2,1-3H3,(H,45,50)/t38-/m0/s1. The van der Waals surface area contributed by atoms with Crippen molar-refractivity contribution in [2.24, 2.45) is 0 Å². The molecule has 3 aliphatic rings. The Hall–Kier alpha value is -4.94. The molecule has 3 heterocycles. The molecule has 0 unspecified atom stereocenters. The van der Waals surface area contributed by atoms with E-state index in [9.17, 15) is 14.7 Å². The van der Waals surface area contributed by atoms with Gasteiger partial charge in [0, 0.05) is 82.3 Å². The number of carbonyl (C=O) groups excluding carboxylic acids is 2. The lowest BCUT2D eigenvalue weighted by Crippen LogP contribution is -2.40. The van der Waals surface area contributed by atoms with Gasteiger partial charge in [0.25, 0.3) is 0 Å².